The maximum atomic E-state index is 5.12. The molecule has 3 heteroatoms. The van der Waals surface area contributed by atoms with Crippen molar-refractivity contribution < 1.29 is 8.83 Å². The molecule has 19 heavy (non-hydrogen) atoms. The third-order valence-electron chi connectivity index (χ3n) is 2.72. The Balaban J connectivity index is 0.000000133. The van der Waals surface area contributed by atoms with E-state index in [1.807, 2.05) is 60.7 Å². The standard InChI is InChI=1S/2C8H6O.ClH/c2*1-2-4-8-7(3-1)5-6-9-8;/h2*1-6H;1H. The van der Waals surface area contributed by atoms with E-state index in [4.69, 9.17) is 8.83 Å². The second kappa shape index (κ2) is 6.12. The Bertz CT molecular complexity index is 629. The minimum atomic E-state index is 0. The monoisotopic (exact) mass is 272 g/mol. The van der Waals surface area contributed by atoms with E-state index in [2.05, 4.69) is 0 Å². The maximum Gasteiger partial charge on any atom is 0.133 e. The predicted molar refractivity (Wildman–Crippen MR) is 79.7 cm³/mol. The van der Waals surface area contributed by atoms with Crippen LogP contribution in [0.3, 0.4) is 0 Å². The summed E-state index contributed by atoms with van der Waals surface area (Å²) in [5.74, 6) is 0. The molecule has 2 aromatic carbocycles. The van der Waals surface area contributed by atoms with Crippen molar-refractivity contribution in [1.82, 2.24) is 0 Å². The fraction of sp³-hybridized carbons (Fsp3) is 0. The minimum absolute atomic E-state index is 0. The zero-order valence-electron chi connectivity index (χ0n) is 10.2. The van der Waals surface area contributed by atoms with Gasteiger partial charge in [0.1, 0.15) is 11.2 Å². The van der Waals surface area contributed by atoms with Crippen LogP contribution >= 0.6 is 12.4 Å². The predicted octanol–water partition coefficient (Wildman–Crippen LogP) is 5.29. The Morgan fingerprint density at radius 3 is 1.37 bits per heavy atom. The van der Waals surface area contributed by atoms with Gasteiger partial charge in [-0.1, -0.05) is 36.4 Å². The summed E-state index contributed by atoms with van der Waals surface area (Å²) in [4.78, 5) is 0. The molecule has 0 spiro atoms. The highest BCUT2D eigenvalue weighted by Gasteiger charge is 1.90. The topological polar surface area (TPSA) is 26.3 Å². The molecule has 0 radical (unpaired) electrons. The molecule has 2 heterocycles. The van der Waals surface area contributed by atoms with Crippen LogP contribution in [0.2, 0.25) is 0 Å². The molecule has 4 aromatic rings. The lowest BCUT2D eigenvalue weighted by Crippen LogP contribution is -1.57. The molecule has 96 valence electrons. The lowest BCUT2D eigenvalue weighted by Gasteiger charge is -1.81. The summed E-state index contributed by atoms with van der Waals surface area (Å²) in [6.07, 6.45) is 3.40. The number of benzene rings is 2. The Hall–Kier alpha value is -2.19. The van der Waals surface area contributed by atoms with Gasteiger partial charge in [0.2, 0.25) is 0 Å². The first-order chi connectivity index (χ1) is 8.93. The van der Waals surface area contributed by atoms with E-state index in [0.29, 0.717) is 0 Å². The molecule has 0 amide bonds. The van der Waals surface area contributed by atoms with Crippen LogP contribution < -0.4 is 0 Å². The number of para-hydroxylation sites is 2. The van der Waals surface area contributed by atoms with Crippen molar-refractivity contribution in [1.29, 1.82) is 0 Å². The van der Waals surface area contributed by atoms with Crippen molar-refractivity contribution in [2.24, 2.45) is 0 Å². The van der Waals surface area contributed by atoms with Gasteiger partial charge in [-0.15, -0.1) is 12.4 Å². The van der Waals surface area contributed by atoms with Crippen molar-refractivity contribution in [3.05, 3.63) is 73.2 Å². The summed E-state index contributed by atoms with van der Waals surface area (Å²) in [6.45, 7) is 0. The zero-order valence-corrected chi connectivity index (χ0v) is 11.0. The largest absolute Gasteiger partial charge is 0.464 e. The van der Waals surface area contributed by atoms with Gasteiger partial charge in [0, 0.05) is 10.8 Å². The van der Waals surface area contributed by atoms with Gasteiger partial charge in [0.05, 0.1) is 12.5 Å². The molecule has 0 fully saturated rings. The summed E-state index contributed by atoms with van der Waals surface area (Å²) < 4.78 is 10.2. The van der Waals surface area contributed by atoms with E-state index in [1.165, 1.54) is 0 Å². The molecule has 0 aliphatic heterocycles. The van der Waals surface area contributed by atoms with E-state index < -0.39 is 0 Å². The fourth-order valence-corrected chi connectivity index (χ4v) is 1.81. The van der Waals surface area contributed by atoms with Crippen LogP contribution in [0.1, 0.15) is 0 Å². The molecule has 0 atom stereocenters. The van der Waals surface area contributed by atoms with Crippen LogP contribution in [0.5, 0.6) is 0 Å². The molecule has 4 rings (SSSR count). The number of furan rings is 2. The lowest BCUT2D eigenvalue weighted by molar-refractivity contribution is 0.615. The molecule has 2 aromatic heterocycles. The summed E-state index contributed by atoms with van der Waals surface area (Å²) in [6, 6.07) is 19.8. The van der Waals surface area contributed by atoms with Crippen LogP contribution in [0.4, 0.5) is 0 Å². The van der Waals surface area contributed by atoms with Crippen LogP contribution in [0, 0.1) is 0 Å². The Morgan fingerprint density at radius 1 is 0.526 bits per heavy atom. The third kappa shape index (κ3) is 2.98. The van der Waals surface area contributed by atoms with E-state index in [0.717, 1.165) is 21.9 Å². The summed E-state index contributed by atoms with van der Waals surface area (Å²) in [7, 11) is 0. The van der Waals surface area contributed by atoms with E-state index in [9.17, 15) is 0 Å². The summed E-state index contributed by atoms with van der Waals surface area (Å²) in [5, 5.41) is 2.33. The van der Waals surface area contributed by atoms with Gasteiger partial charge in [0.25, 0.3) is 0 Å². The maximum absolute atomic E-state index is 5.12. The van der Waals surface area contributed by atoms with Crippen LogP contribution in [0.15, 0.2) is 82.0 Å². The van der Waals surface area contributed by atoms with E-state index >= 15 is 0 Å². The summed E-state index contributed by atoms with van der Waals surface area (Å²) in [5.41, 5.74) is 1.91. The SMILES string of the molecule is Cl.c1ccc2occc2c1.c1ccc2occc2c1. The molecule has 0 aliphatic rings. The second-order valence-corrected chi connectivity index (χ2v) is 3.92. The van der Waals surface area contributed by atoms with E-state index in [-0.39, 0.29) is 12.4 Å². The molecule has 0 N–H and O–H groups in total. The van der Waals surface area contributed by atoms with Crippen LogP contribution in [-0.4, -0.2) is 0 Å². The number of halogens is 1. The Kier molecular flexibility index (Phi) is 4.26. The first-order valence-electron chi connectivity index (χ1n) is 5.78. The molecule has 0 unspecified atom stereocenters. The van der Waals surface area contributed by atoms with Crippen molar-refractivity contribution in [2.75, 3.05) is 0 Å². The Labute approximate surface area is 117 Å². The van der Waals surface area contributed by atoms with Crippen LogP contribution in [0.25, 0.3) is 21.9 Å². The van der Waals surface area contributed by atoms with Crippen molar-refractivity contribution in [3.63, 3.8) is 0 Å². The first-order valence-corrected chi connectivity index (χ1v) is 5.78. The molecule has 0 aliphatic carbocycles. The van der Waals surface area contributed by atoms with Gasteiger partial charge in [0.15, 0.2) is 0 Å². The smallest absolute Gasteiger partial charge is 0.133 e. The lowest BCUT2D eigenvalue weighted by atomic mass is 10.3. The van der Waals surface area contributed by atoms with Gasteiger partial charge in [-0.25, -0.2) is 0 Å². The highest BCUT2D eigenvalue weighted by atomic mass is 35.5. The summed E-state index contributed by atoms with van der Waals surface area (Å²) >= 11 is 0. The fourth-order valence-electron chi connectivity index (χ4n) is 1.81. The average Bonchev–Trinajstić information content (AvgIpc) is 3.08. The minimum Gasteiger partial charge on any atom is -0.464 e. The van der Waals surface area contributed by atoms with Crippen molar-refractivity contribution >= 4 is 34.3 Å². The number of rotatable bonds is 0. The Morgan fingerprint density at radius 2 is 0.947 bits per heavy atom. The van der Waals surface area contributed by atoms with Crippen molar-refractivity contribution in [2.45, 2.75) is 0 Å². The van der Waals surface area contributed by atoms with Crippen LogP contribution in [-0.2, 0) is 0 Å². The highest BCUT2D eigenvalue weighted by Crippen LogP contribution is 2.13. The highest BCUT2D eigenvalue weighted by molar-refractivity contribution is 5.85. The molecular formula is C16H13ClO2. The normalized spacial score (nSPS) is 9.68. The third-order valence-corrected chi connectivity index (χ3v) is 2.72. The number of hydrogen-bond acceptors (Lipinski definition) is 2. The molecule has 0 bridgehead atoms. The van der Waals surface area contributed by atoms with Gasteiger partial charge in [-0.3, -0.25) is 0 Å². The molecule has 2 nitrogen and oxygen atoms in total. The molecular weight excluding hydrogens is 260 g/mol. The second-order valence-electron chi connectivity index (χ2n) is 3.92. The average molecular weight is 273 g/mol. The van der Waals surface area contributed by atoms with Gasteiger partial charge < -0.3 is 8.83 Å². The number of fused-ring (bicyclic) bond motifs is 2. The first kappa shape index (κ1) is 13.2. The number of hydrogen-bond donors (Lipinski definition) is 0. The zero-order chi connectivity index (χ0) is 12.2. The van der Waals surface area contributed by atoms with Crippen molar-refractivity contribution in [3.8, 4) is 0 Å². The van der Waals surface area contributed by atoms with Gasteiger partial charge in [-0.2, -0.15) is 0 Å². The van der Waals surface area contributed by atoms with E-state index in [1.54, 1.807) is 12.5 Å². The van der Waals surface area contributed by atoms with Gasteiger partial charge in [-0.05, 0) is 24.3 Å². The molecule has 0 saturated heterocycles. The quantitative estimate of drug-likeness (QED) is 0.435. The van der Waals surface area contributed by atoms with Gasteiger partial charge >= 0.3 is 0 Å². The molecule has 0 saturated carbocycles.